The number of phenolic OH excluding ortho intramolecular Hbond substituents is 2. The van der Waals surface area contributed by atoms with Crippen molar-refractivity contribution < 1.29 is 29.3 Å². The normalized spacial score (nSPS) is 18.4. The summed E-state index contributed by atoms with van der Waals surface area (Å²) in [4.78, 5) is 36.5. The molecule has 1 aliphatic rings. The van der Waals surface area contributed by atoms with Crippen LogP contribution in [0.3, 0.4) is 0 Å². The summed E-state index contributed by atoms with van der Waals surface area (Å²) in [5.74, 6) is -2.15. The lowest BCUT2D eigenvalue weighted by Gasteiger charge is -2.28. The molecule has 2 atom stereocenters. The SMILES string of the molecule is CC(OC(=O)C(C)(N)Cc1ccc(O)c(O)c1)N1C(=O)CCC1=O. The molecule has 0 spiro atoms. The van der Waals surface area contributed by atoms with Crippen LogP contribution in [0.4, 0.5) is 0 Å². The number of nitrogens with two attached hydrogens (primary N) is 1. The second kappa shape index (κ2) is 6.48. The number of phenols is 2. The zero-order valence-electron chi connectivity index (χ0n) is 13.5. The van der Waals surface area contributed by atoms with Crippen LogP contribution in [0.1, 0.15) is 32.3 Å². The highest BCUT2D eigenvalue weighted by Crippen LogP contribution is 2.27. The van der Waals surface area contributed by atoms with Crippen LogP contribution in [-0.2, 0) is 25.5 Å². The highest BCUT2D eigenvalue weighted by molar-refractivity contribution is 6.02. The minimum atomic E-state index is -1.44. The van der Waals surface area contributed by atoms with Crippen molar-refractivity contribution >= 4 is 17.8 Å². The van der Waals surface area contributed by atoms with Gasteiger partial charge in [-0.2, -0.15) is 0 Å². The van der Waals surface area contributed by atoms with Crippen molar-refractivity contribution in [1.29, 1.82) is 0 Å². The molecule has 4 N–H and O–H groups in total. The van der Waals surface area contributed by atoms with Crippen molar-refractivity contribution in [1.82, 2.24) is 4.90 Å². The molecule has 1 heterocycles. The van der Waals surface area contributed by atoms with E-state index in [0.717, 1.165) is 4.90 Å². The summed E-state index contributed by atoms with van der Waals surface area (Å²) in [5.41, 5.74) is 5.07. The number of esters is 1. The Kier molecular flexibility index (Phi) is 4.79. The Balaban J connectivity index is 2.05. The Morgan fingerprint density at radius 1 is 1.29 bits per heavy atom. The number of nitrogens with zero attached hydrogens (tertiary/aromatic N) is 1. The van der Waals surface area contributed by atoms with Crippen molar-refractivity contribution in [3.8, 4) is 11.5 Å². The number of imide groups is 1. The van der Waals surface area contributed by atoms with Gasteiger partial charge in [0.15, 0.2) is 17.7 Å². The number of hydrogen-bond donors (Lipinski definition) is 3. The van der Waals surface area contributed by atoms with Crippen LogP contribution >= 0.6 is 0 Å². The summed E-state index contributed by atoms with van der Waals surface area (Å²) >= 11 is 0. The monoisotopic (exact) mass is 336 g/mol. The molecule has 8 heteroatoms. The molecule has 130 valence electrons. The molecular formula is C16H20N2O6. The average Bonchev–Trinajstić information content (AvgIpc) is 2.81. The molecule has 0 radical (unpaired) electrons. The third-order valence-corrected chi connectivity index (χ3v) is 3.81. The zero-order chi connectivity index (χ0) is 18.1. The van der Waals surface area contributed by atoms with Gasteiger partial charge >= 0.3 is 5.97 Å². The molecule has 8 nitrogen and oxygen atoms in total. The minimum Gasteiger partial charge on any atom is -0.504 e. The van der Waals surface area contributed by atoms with E-state index in [9.17, 15) is 24.6 Å². The van der Waals surface area contributed by atoms with Crippen LogP contribution in [0.25, 0.3) is 0 Å². The summed E-state index contributed by atoms with van der Waals surface area (Å²) in [5, 5.41) is 18.8. The third kappa shape index (κ3) is 3.65. The molecule has 24 heavy (non-hydrogen) atoms. The van der Waals surface area contributed by atoms with E-state index >= 15 is 0 Å². The Morgan fingerprint density at radius 3 is 2.42 bits per heavy atom. The Hall–Kier alpha value is -2.61. The van der Waals surface area contributed by atoms with Gasteiger partial charge in [-0.1, -0.05) is 6.07 Å². The van der Waals surface area contributed by atoms with Gasteiger partial charge < -0.3 is 20.7 Å². The van der Waals surface area contributed by atoms with Crippen LogP contribution in [0, 0.1) is 0 Å². The first kappa shape index (κ1) is 17.7. The molecule has 0 saturated carbocycles. The Bertz CT molecular complexity index is 669. The van der Waals surface area contributed by atoms with Crippen molar-refractivity contribution in [2.45, 2.75) is 44.9 Å². The standard InChI is InChI=1S/C16H20N2O6/c1-9(18-13(21)5-6-14(18)22)24-15(23)16(2,17)8-10-3-4-11(19)12(20)7-10/h3-4,7,9,19-20H,5-6,8,17H2,1-2H3. The van der Waals surface area contributed by atoms with Crippen molar-refractivity contribution in [2.75, 3.05) is 0 Å². The lowest BCUT2D eigenvalue weighted by Crippen LogP contribution is -2.51. The fraction of sp³-hybridized carbons (Fsp3) is 0.438. The first-order chi connectivity index (χ1) is 11.1. The van der Waals surface area contributed by atoms with Gasteiger partial charge in [0.05, 0.1) is 0 Å². The second-order valence-electron chi connectivity index (χ2n) is 6.08. The number of amides is 2. The summed E-state index contributed by atoms with van der Waals surface area (Å²) in [7, 11) is 0. The Labute approximate surface area is 138 Å². The highest BCUT2D eigenvalue weighted by atomic mass is 16.6. The van der Waals surface area contributed by atoms with E-state index in [0.29, 0.717) is 5.56 Å². The number of carbonyl (C=O) groups excluding carboxylic acids is 3. The number of benzene rings is 1. The topological polar surface area (TPSA) is 130 Å². The van der Waals surface area contributed by atoms with Crippen molar-refractivity contribution in [3.05, 3.63) is 23.8 Å². The molecule has 2 unspecified atom stereocenters. The van der Waals surface area contributed by atoms with Crippen LogP contribution in [-0.4, -0.2) is 44.7 Å². The molecule has 1 aromatic carbocycles. The minimum absolute atomic E-state index is 0.0360. The molecule has 2 amide bonds. The predicted octanol–water partition coefficient (Wildman–Crippen LogP) is 0.396. The molecule has 2 rings (SSSR count). The zero-order valence-corrected chi connectivity index (χ0v) is 13.5. The molecule has 1 saturated heterocycles. The first-order valence-electron chi connectivity index (χ1n) is 7.47. The van der Waals surface area contributed by atoms with Gasteiger partial charge in [-0.25, -0.2) is 9.69 Å². The van der Waals surface area contributed by atoms with E-state index < -0.39 is 17.7 Å². The lowest BCUT2D eigenvalue weighted by atomic mass is 9.94. The largest absolute Gasteiger partial charge is 0.504 e. The van der Waals surface area contributed by atoms with E-state index in [-0.39, 0.29) is 42.6 Å². The maximum atomic E-state index is 12.3. The average molecular weight is 336 g/mol. The van der Waals surface area contributed by atoms with Gasteiger partial charge in [0, 0.05) is 19.3 Å². The van der Waals surface area contributed by atoms with Crippen LogP contribution in [0.2, 0.25) is 0 Å². The van der Waals surface area contributed by atoms with Crippen molar-refractivity contribution in [3.63, 3.8) is 0 Å². The maximum absolute atomic E-state index is 12.3. The van der Waals surface area contributed by atoms with Gasteiger partial charge in [0.25, 0.3) is 0 Å². The van der Waals surface area contributed by atoms with Gasteiger partial charge in [-0.05, 0) is 31.5 Å². The number of hydrogen-bond acceptors (Lipinski definition) is 7. The van der Waals surface area contributed by atoms with Gasteiger partial charge in [0.1, 0.15) is 5.54 Å². The number of carbonyl (C=O) groups is 3. The summed E-state index contributed by atoms with van der Waals surface area (Å²) in [6.45, 7) is 2.88. The maximum Gasteiger partial charge on any atom is 0.328 e. The van der Waals surface area contributed by atoms with E-state index in [4.69, 9.17) is 10.5 Å². The number of likely N-dealkylation sites (tertiary alicyclic amines) is 1. The van der Waals surface area contributed by atoms with E-state index in [1.807, 2.05) is 0 Å². The van der Waals surface area contributed by atoms with E-state index in [1.165, 1.54) is 32.0 Å². The quantitative estimate of drug-likeness (QED) is 0.403. The molecule has 1 fully saturated rings. The summed E-state index contributed by atoms with van der Waals surface area (Å²) in [6, 6.07) is 4.10. The Morgan fingerprint density at radius 2 is 1.88 bits per heavy atom. The molecule has 1 aromatic rings. The number of rotatable bonds is 5. The van der Waals surface area contributed by atoms with Gasteiger partial charge in [-0.3, -0.25) is 9.59 Å². The van der Waals surface area contributed by atoms with Gasteiger partial charge in [0.2, 0.25) is 11.8 Å². The highest BCUT2D eigenvalue weighted by Gasteiger charge is 2.38. The molecule has 1 aliphatic heterocycles. The van der Waals surface area contributed by atoms with E-state index in [1.54, 1.807) is 0 Å². The molecule has 0 aromatic heterocycles. The van der Waals surface area contributed by atoms with Crippen LogP contribution in [0.5, 0.6) is 11.5 Å². The molecule has 0 bridgehead atoms. The number of ether oxygens (including phenoxy) is 1. The van der Waals surface area contributed by atoms with Crippen LogP contribution < -0.4 is 5.73 Å². The summed E-state index contributed by atoms with van der Waals surface area (Å²) in [6.07, 6.45) is -0.786. The predicted molar refractivity (Wildman–Crippen MR) is 82.7 cm³/mol. The summed E-state index contributed by atoms with van der Waals surface area (Å²) < 4.78 is 5.17. The molecule has 0 aliphatic carbocycles. The fourth-order valence-electron chi connectivity index (χ4n) is 2.52. The lowest BCUT2D eigenvalue weighted by molar-refractivity contribution is -0.169. The van der Waals surface area contributed by atoms with Crippen LogP contribution in [0.15, 0.2) is 18.2 Å². The van der Waals surface area contributed by atoms with Gasteiger partial charge in [-0.15, -0.1) is 0 Å². The van der Waals surface area contributed by atoms with E-state index in [2.05, 4.69) is 0 Å². The first-order valence-corrected chi connectivity index (χ1v) is 7.47. The molecular weight excluding hydrogens is 316 g/mol. The third-order valence-electron chi connectivity index (χ3n) is 3.81. The fourth-order valence-corrected chi connectivity index (χ4v) is 2.52. The smallest absolute Gasteiger partial charge is 0.328 e. The van der Waals surface area contributed by atoms with Crippen molar-refractivity contribution in [2.24, 2.45) is 5.73 Å². The number of aromatic hydroxyl groups is 2. The second-order valence-corrected chi connectivity index (χ2v) is 6.08.